The lowest BCUT2D eigenvalue weighted by molar-refractivity contribution is -0.131. The zero-order chi connectivity index (χ0) is 16.2. The van der Waals surface area contributed by atoms with Gasteiger partial charge in [-0.15, -0.1) is 0 Å². The molecule has 0 saturated heterocycles. The van der Waals surface area contributed by atoms with Gasteiger partial charge in [0, 0.05) is 0 Å². The normalized spacial score (nSPS) is 12.0. The summed E-state index contributed by atoms with van der Waals surface area (Å²) in [6.07, 6.45) is 0. The maximum absolute atomic E-state index is 11.8. The van der Waals surface area contributed by atoms with Gasteiger partial charge in [-0.25, -0.2) is 4.57 Å². The van der Waals surface area contributed by atoms with Crippen LogP contribution in [0.5, 0.6) is 5.75 Å². The molecule has 0 aliphatic heterocycles. The van der Waals surface area contributed by atoms with Crippen molar-refractivity contribution in [2.45, 2.75) is 39.5 Å². The molecule has 21 heavy (non-hydrogen) atoms. The molecule has 1 aromatic carbocycles. The van der Waals surface area contributed by atoms with E-state index in [0.29, 0.717) is 5.75 Å². The average Bonchev–Trinajstić information content (AvgIpc) is 2.35. The fourth-order valence-electron chi connectivity index (χ4n) is 1.88. The molecular weight excluding hydrogens is 311 g/mol. The summed E-state index contributed by atoms with van der Waals surface area (Å²) in [6.45, 7) is 3.73. The van der Waals surface area contributed by atoms with Crippen LogP contribution in [0.15, 0.2) is 18.2 Å². The summed E-state index contributed by atoms with van der Waals surface area (Å²) in [7, 11) is 0. The molecule has 0 aliphatic rings. The molecule has 0 heterocycles. The van der Waals surface area contributed by atoms with Gasteiger partial charge in [0.15, 0.2) is 0 Å². The van der Waals surface area contributed by atoms with Crippen LogP contribution in [0.25, 0.3) is 0 Å². The van der Waals surface area contributed by atoms with Crippen molar-refractivity contribution in [3.8, 4) is 5.75 Å². The average molecular weight is 332 g/mol. The third kappa shape index (κ3) is 5.83. The van der Waals surface area contributed by atoms with Crippen molar-refractivity contribution < 1.29 is 23.9 Å². The minimum Gasteiger partial charge on any atom is -0.425 e. The second-order valence-corrected chi connectivity index (χ2v) is 9.04. The van der Waals surface area contributed by atoms with E-state index >= 15 is 0 Å². The first kappa shape index (κ1) is 18.2. The molecule has 0 aromatic heterocycles. The third-order valence-corrected chi connectivity index (χ3v) is 4.98. The van der Waals surface area contributed by atoms with E-state index in [0.717, 1.165) is 11.1 Å². The number of hydrogen-bond acceptors (Lipinski definition) is 4. The number of para-hydroxylation sites is 1. The molecule has 0 amide bonds. The molecule has 0 saturated carbocycles. The summed E-state index contributed by atoms with van der Waals surface area (Å²) in [5, 5.41) is 0. The lowest BCUT2D eigenvalue weighted by Gasteiger charge is -2.18. The lowest BCUT2D eigenvalue weighted by atomic mass is 9.94. The molecule has 0 bridgehead atoms. The maximum atomic E-state index is 11.8. The van der Waals surface area contributed by atoms with Crippen molar-refractivity contribution in [1.29, 1.82) is 0 Å². The Morgan fingerprint density at radius 2 is 1.67 bits per heavy atom. The van der Waals surface area contributed by atoms with Gasteiger partial charge in [-0.05, 0) is 34.3 Å². The largest absolute Gasteiger partial charge is 0.425 e. The van der Waals surface area contributed by atoms with Gasteiger partial charge in [-0.1, -0.05) is 45.9 Å². The highest BCUT2D eigenvalue weighted by molar-refractivity contribution is 8.54. The highest BCUT2D eigenvalue weighted by Crippen LogP contribution is 2.50. The van der Waals surface area contributed by atoms with Gasteiger partial charge in [-0.3, -0.25) is 4.79 Å². The Hall–Kier alpha value is -0.810. The summed E-state index contributed by atoms with van der Waals surface area (Å²) in [4.78, 5) is 29.4. The molecule has 5 nitrogen and oxygen atoms in total. The van der Waals surface area contributed by atoms with Crippen LogP contribution in [0, 0.1) is 0 Å². The summed E-state index contributed by atoms with van der Waals surface area (Å²) in [5.74, 6) is -0.159. The van der Waals surface area contributed by atoms with Gasteiger partial charge < -0.3 is 14.5 Å². The Morgan fingerprint density at radius 1 is 1.19 bits per heavy atom. The topological polar surface area (TPSA) is 83.8 Å². The number of carbonyl (C=O) groups is 1. The van der Waals surface area contributed by atoms with Crippen molar-refractivity contribution in [3.05, 3.63) is 29.3 Å². The predicted octanol–water partition coefficient (Wildman–Crippen LogP) is 3.66. The van der Waals surface area contributed by atoms with Gasteiger partial charge in [0.1, 0.15) is 11.5 Å². The van der Waals surface area contributed by atoms with Crippen LogP contribution >= 0.6 is 18.2 Å². The molecular formula is C14H21O5PS. The van der Waals surface area contributed by atoms with Crippen molar-refractivity contribution >= 4 is 24.1 Å². The first-order valence-corrected chi connectivity index (χ1v) is 9.85. The molecule has 0 fully saturated rings. The predicted molar refractivity (Wildman–Crippen MR) is 84.8 cm³/mol. The molecule has 0 unspecified atom stereocenters. The lowest BCUT2D eigenvalue weighted by Crippen LogP contribution is -2.14. The standard InChI is InChI=1S/C14H21O5PS/c1-9(2)11-6-5-7-12(10(3)4)14(11)19-13(15)8-21-20(16,17)18/h5-7,9-10H,8H2,1-4H3,(H2,16,17,18). The SMILES string of the molecule is CC(C)c1cccc(C(C)C)c1OC(=O)CSP(=O)(O)O. The van der Waals surface area contributed by atoms with Crippen LogP contribution in [-0.2, 0) is 9.36 Å². The fourth-order valence-corrected chi connectivity index (χ4v) is 3.03. The minimum absolute atomic E-state index is 0.181. The number of rotatable bonds is 6. The molecule has 7 heteroatoms. The first-order valence-electron chi connectivity index (χ1n) is 6.65. The van der Waals surface area contributed by atoms with Gasteiger partial charge in [0.2, 0.25) is 0 Å². The summed E-state index contributed by atoms with van der Waals surface area (Å²) in [6, 6.07) is 5.72. The molecule has 1 rings (SSSR count). The Bertz CT molecular complexity index is 524. The Morgan fingerprint density at radius 3 is 2.05 bits per heavy atom. The van der Waals surface area contributed by atoms with Gasteiger partial charge in [0.25, 0.3) is 0 Å². The second kappa shape index (κ2) is 7.45. The molecule has 0 spiro atoms. The molecule has 0 radical (unpaired) electrons. The molecule has 0 atom stereocenters. The van der Waals surface area contributed by atoms with E-state index < -0.39 is 12.8 Å². The maximum Gasteiger partial charge on any atom is 0.384 e. The number of hydrogen-bond donors (Lipinski definition) is 2. The van der Waals surface area contributed by atoms with E-state index in [-0.39, 0.29) is 29.0 Å². The Kier molecular flexibility index (Phi) is 6.47. The molecule has 0 aliphatic carbocycles. The van der Waals surface area contributed by atoms with Crippen LogP contribution in [-0.4, -0.2) is 21.5 Å². The van der Waals surface area contributed by atoms with Gasteiger partial charge in [0.05, 0.1) is 0 Å². The quantitative estimate of drug-likeness (QED) is 0.470. The van der Waals surface area contributed by atoms with E-state index in [4.69, 9.17) is 14.5 Å². The van der Waals surface area contributed by atoms with Gasteiger partial charge >= 0.3 is 12.8 Å². The summed E-state index contributed by atoms with van der Waals surface area (Å²) >= 11 is 0.282. The Balaban J connectivity index is 3.00. The van der Waals surface area contributed by atoms with Crippen molar-refractivity contribution in [1.82, 2.24) is 0 Å². The minimum atomic E-state index is -4.27. The highest BCUT2D eigenvalue weighted by Gasteiger charge is 2.21. The van der Waals surface area contributed by atoms with Crippen molar-refractivity contribution in [3.63, 3.8) is 0 Å². The van der Waals surface area contributed by atoms with E-state index in [2.05, 4.69) is 0 Å². The number of benzene rings is 1. The van der Waals surface area contributed by atoms with Crippen LogP contribution in [0.4, 0.5) is 0 Å². The molecule has 118 valence electrons. The monoisotopic (exact) mass is 332 g/mol. The van der Waals surface area contributed by atoms with Crippen LogP contribution in [0.2, 0.25) is 0 Å². The number of esters is 1. The summed E-state index contributed by atoms with van der Waals surface area (Å²) in [5.41, 5.74) is 1.83. The van der Waals surface area contributed by atoms with E-state index in [1.54, 1.807) is 0 Å². The zero-order valence-electron chi connectivity index (χ0n) is 12.6. The Labute approximate surface area is 129 Å². The second-order valence-electron chi connectivity index (χ2n) is 5.31. The fraction of sp³-hybridized carbons (Fsp3) is 0.500. The third-order valence-electron chi connectivity index (χ3n) is 2.89. The first-order chi connectivity index (χ1) is 9.61. The van der Waals surface area contributed by atoms with E-state index in [9.17, 15) is 9.36 Å². The van der Waals surface area contributed by atoms with Crippen molar-refractivity contribution in [2.75, 3.05) is 5.75 Å². The number of ether oxygens (including phenoxy) is 1. The van der Waals surface area contributed by atoms with E-state index in [1.165, 1.54) is 0 Å². The molecule has 2 N–H and O–H groups in total. The van der Waals surface area contributed by atoms with Crippen molar-refractivity contribution in [2.24, 2.45) is 0 Å². The molecule has 1 aromatic rings. The highest BCUT2D eigenvalue weighted by atomic mass is 32.7. The zero-order valence-corrected chi connectivity index (χ0v) is 14.3. The number of carbonyl (C=O) groups excluding carboxylic acids is 1. The summed E-state index contributed by atoms with van der Waals surface area (Å²) < 4.78 is 16.2. The van der Waals surface area contributed by atoms with Crippen LogP contribution < -0.4 is 4.74 Å². The van der Waals surface area contributed by atoms with Gasteiger partial charge in [-0.2, -0.15) is 0 Å². The van der Waals surface area contributed by atoms with Crippen LogP contribution in [0.3, 0.4) is 0 Å². The van der Waals surface area contributed by atoms with Crippen LogP contribution in [0.1, 0.15) is 50.7 Å². The smallest absolute Gasteiger partial charge is 0.384 e. The van der Waals surface area contributed by atoms with E-state index in [1.807, 2.05) is 45.9 Å².